The van der Waals surface area contributed by atoms with Gasteiger partial charge in [0, 0.05) is 29.8 Å². The molecule has 0 bridgehead atoms. The van der Waals surface area contributed by atoms with Crippen molar-refractivity contribution >= 4 is 39.2 Å². The van der Waals surface area contributed by atoms with Gasteiger partial charge in [0.1, 0.15) is 0 Å². The van der Waals surface area contributed by atoms with E-state index in [1.165, 1.54) is 11.3 Å². The lowest BCUT2D eigenvalue weighted by molar-refractivity contribution is -0.116. The van der Waals surface area contributed by atoms with Crippen LogP contribution in [0.1, 0.15) is 43.1 Å². The molecule has 1 N–H and O–H groups in total. The summed E-state index contributed by atoms with van der Waals surface area (Å²) in [5.41, 5.74) is 1.83. The van der Waals surface area contributed by atoms with Crippen molar-refractivity contribution in [2.24, 2.45) is 0 Å². The molecule has 0 unspecified atom stereocenters. The monoisotopic (exact) mass is 341 g/mol. The van der Waals surface area contributed by atoms with Gasteiger partial charge in [0.25, 0.3) is 0 Å². The van der Waals surface area contributed by atoms with E-state index in [0.29, 0.717) is 11.0 Å². The predicted octanol–water partition coefficient (Wildman–Crippen LogP) is 4.28. The summed E-state index contributed by atoms with van der Waals surface area (Å²) in [6.45, 7) is 4.11. The normalized spacial score (nSPS) is 11.1. The summed E-state index contributed by atoms with van der Waals surface area (Å²) in [6.07, 6.45) is 2.05. The Morgan fingerprint density at radius 2 is 2.00 bits per heavy atom. The maximum absolute atomic E-state index is 12.3. The molecule has 0 aliphatic carbocycles. The van der Waals surface area contributed by atoms with Crippen molar-refractivity contribution in [3.8, 4) is 0 Å². The van der Waals surface area contributed by atoms with Crippen molar-refractivity contribution < 1.29 is 9.59 Å². The van der Waals surface area contributed by atoms with Gasteiger partial charge in [0.2, 0.25) is 11.8 Å². The first-order valence-electron chi connectivity index (χ1n) is 7.89. The molecule has 1 amide bonds. The van der Waals surface area contributed by atoms with Crippen LogP contribution in [0.5, 0.6) is 0 Å². The zero-order valence-corrected chi connectivity index (χ0v) is 14.5. The highest BCUT2D eigenvalue weighted by Crippen LogP contribution is 2.21. The molecule has 6 heteroatoms. The second kappa shape index (κ2) is 6.97. The molecule has 0 radical (unpaired) electrons. The molecule has 2 heterocycles. The number of amides is 1. The van der Waals surface area contributed by atoms with Gasteiger partial charge in [-0.15, -0.1) is 11.3 Å². The molecule has 3 aromatic rings. The van der Waals surface area contributed by atoms with Gasteiger partial charge < -0.3 is 5.32 Å². The summed E-state index contributed by atoms with van der Waals surface area (Å²) in [5, 5.41) is 6.30. The van der Waals surface area contributed by atoms with Crippen LogP contribution >= 0.6 is 11.3 Å². The number of hydrogen-bond acceptors (Lipinski definition) is 4. The summed E-state index contributed by atoms with van der Waals surface area (Å²) >= 11 is 1.41. The Bertz CT molecular complexity index is 879. The minimum absolute atomic E-state index is 0.0895. The molecule has 0 aliphatic rings. The van der Waals surface area contributed by atoms with Gasteiger partial charge in [-0.2, -0.15) is 0 Å². The quantitative estimate of drug-likeness (QED) is 0.753. The van der Waals surface area contributed by atoms with Gasteiger partial charge in [-0.05, 0) is 18.1 Å². The number of nitrogens with zero attached hydrogens (tertiary/aromatic N) is 2. The zero-order valence-electron chi connectivity index (χ0n) is 13.7. The predicted molar refractivity (Wildman–Crippen MR) is 96.6 cm³/mol. The Labute approximate surface area is 144 Å². The van der Waals surface area contributed by atoms with Crippen LogP contribution in [0.25, 0.3) is 10.9 Å². The first kappa shape index (κ1) is 16.4. The van der Waals surface area contributed by atoms with Gasteiger partial charge in [-0.25, -0.2) is 4.98 Å². The maximum atomic E-state index is 12.3. The number of carbonyl (C=O) groups is 2. The molecule has 0 saturated heterocycles. The maximum Gasteiger partial charge on any atom is 0.231 e. The Morgan fingerprint density at radius 3 is 2.75 bits per heavy atom. The van der Waals surface area contributed by atoms with E-state index in [1.807, 2.05) is 35.7 Å². The standard InChI is InChI=1S/C18H19N3O2S/c1-12(2)14-11-24-18(19-14)20-16(22)7-8-17(23)21-10-9-13-5-3-4-6-15(13)21/h3-6,9-12H,7-8H2,1-2H3,(H,19,20,22). The summed E-state index contributed by atoms with van der Waals surface area (Å²) < 4.78 is 1.60. The number of benzene rings is 1. The lowest BCUT2D eigenvalue weighted by Crippen LogP contribution is -2.16. The molecule has 24 heavy (non-hydrogen) atoms. The molecule has 3 rings (SSSR count). The smallest absolute Gasteiger partial charge is 0.231 e. The van der Waals surface area contributed by atoms with Crippen LogP contribution in [0.3, 0.4) is 0 Å². The minimum atomic E-state index is -0.190. The Hall–Kier alpha value is -2.47. The van der Waals surface area contributed by atoms with E-state index in [1.54, 1.807) is 10.8 Å². The van der Waals surface area contributed by atoms with E-state index in [9.17, 15) is 9.59 Å². The van der Waals surface area contributed by atoms with Crippen LogP contribution in [-0.2, 0) is 4.79 Å². The van der Waals surface area contributed by atoms with Crippen molar-refractivity contribution in [1.82, 2.24) is 9.55 Å². The average Bonchev–Trinajstić information content (AvgIpc) is 3.19. The number of hydrogen-bond donors (Lipinski definition) is 1. The number of rotatable bonds is 5. The van der Waals surface area contributed by atoms with E-state index >= 15 is 0 Å². The average molecular weight is 341 g/mol. The fraction of sp³-hybridized carbons (Fsp3) is 0.278. The Morgan fingerprint density at radius 1 is 1.21 bits per heavy atom. The lowest BCUT2D eigenvalue weighted by atomic mass is 10.2. The van der Waals surface area contributed by atoms with Crippen LogP contribution in [0, 0.1) is 0 Å². The van der Waals surface area contributed by atoms with Gasteiger partial charge in [-0.1, -0.05) is 32.0 Å². The van der Waals surface area contributed by atoms with Crippen molar-refractivity contribution in [2.75, 3.05) is 5.32 Å². The second-order valence-electron chi connectivity index (χ2n) is 5.92. The minimum Gasteiger partial charge on any atom is -0.302 e. The second-order valence-corrected chi connectivity index (χ2v) is 6.78. The van der Waals surface area contributed by atoms with Crippen molar-refractivity contribution in [3.63, 3.8) is 0 Å². The van der Waals surface area contributed by atoms with E-state index in [4.69, 9.17) is 0 Å². The van der Waals surface area contributed by atoms with Crippen LogP contribution < -0.4 is 5.32 Å². The molecule has 5 nitrogen and oxygen atoms in total. The first-order chi connectivity index (χ1) is 11.5. The molecule has 2 aromatic heterocycles. The third kappa shape index (κ3) is 3.54. The molecular weight excluding hydrogens is 322 g/mol. The molecule has 0 aliphatic heterocycles. The fourth-order valence-electron chi connectivity index (χ4n) is 2.43. The third-order valence-electron chi connectivity index (χ3n) is 3.79. The highest BCUT2D eigenvalue weighted by Gasteiger charge is 2.13. The number of carbonyl (C=O) groups excluding carboxylic acids is 2. The van der Waals surface area contributed by atoms with E-state index in [0.717, 1.165) is 16.6 Å². The van der Waals surface area contributed by atoms with Crippen LogP contribution in [-0.4, -0.2) is 21.4 Å². The number of aromatic nitrogens is 2. The molecular formula is C18H19N3O2S. The van der Waals surface area contributed by atoms with Crippen molar-refractivity contribution in [3.05, 3.63) is 47.6 Å². The van der Waals surface area contributed by atoms with Gasteiger partial charge >= 0.3 is 0 Å². The molecule has 0 fully saturated rings. The molecule has 1 aromatic carbocycles. The number of fused-ring (bicyclic) bond motifs is 1. The number of thiazole rings is 1. The first-order valence-corrected chi connectivity index (χ1v) is 8.77. The van der Waals surface area contributed by atoms with Crippen LogP contribution in [0.2, 0.25) is 0 Å². The van der Waals surface area contributed by atoms with Gasteiger partial charge in [0.15, 0.2) is 5.13 Å². The number of para-hydroxylation sites is 1. The van der Waals surface area contributed by atoms with E-state index in [-0.39, 0.29) is 24.7 Å². The summed E-state index contributed by atoms with van der Waals surface area (Å²) in [6, 6.07) is 9.59. The molecule has 124 valence electrons. The highest BCUT2D eigenvalue weighted by atomic mass is 32.1. The summed E-state index contributed by atoms with van der Waals surface area (Å²) in [5.74, 6) is 0.0494. The zero-order chi connectivity index (χ0) is 17.1. The molecule has 0 atom stereocenters. The topological polar surface area (TPSA) is 64.0 Å². The SMILES string of the molecule is CC(C)c1csc(NC(=O)CCC(=O)n2ccc3ccccc32)n1. The van der Waals surface area contributed by atoms with Gasteiger partial charge in [-0.3, -0.25) is 14.2 Å². The van der Waals surface area contributed by atoms with E-state index in [2.05, 4.69) is 24.1 Å². The summed E-state index contributed by atoms with van der Waals surface area (Å²) in [7, 11) is 0. The highest BCUT2D eigenvalue weighted by molar-refractivity contribution is 7.13. The molecule has 0 spiro atoms. The Balaban J connectivity index is 1.58. The van der Waals surface area contributed by atoms with Crippen molar-refractivity contribution in [2.45, 2.75) is 32.6 Å². The van der Waals surface area contributed by atoms with E-state index < -0.39 is 0 Å². The Kier molecular flexibility index (Phi) is 4.76. The lowest BCUT2D eigenvalue weighted by Gasteiger charge is -2.04. The van der Waals surface area contributed by atoms with Crippen LogP contribution in [0.4, 0.5) is 5.13 Å². The summed E-state index contributed by atoms with van der Waals surface area (Å²) in [4.78, 5) is 28.7. The third-order valence-corrected chi connectivity index (χ3v) is 4.57. The largest absolute Gasteiger partial charge is 0.302 e. The van der Waals surface area contributed by atoms with Crippen LogP contribution in [0.15, 0.2) is 41.9 Å². The van der Waals surface area contributed by atoms with Crippen molar-refractivity contribution in [1.29, 1.82) is 0 Å². The fourth-order valence-corrected chi connectivity index (χ4v) is 3.32. The number of nitrogens with one attached hydrogen (secondary N) is 1. The molecule has 0 saturated carbocycles. The number of anilines is 1. The van der Waals surface area contributed by atoms with Gasteiger partial charge in [0.05, 0.1) is 11.2 Å².